The number of nitrogens with zero attached hydrogens (tertiary/aromatic N) is 2. The molecular weight excluding hydrogens is 304 g/mol. The molecule has 1 unspecified atom stereocenters. The Morgan fingerprint density at radius 2 is 2.05 bits per heavy atom. The summed E-state index contributed by atoms with van der Waals surface area (Å²) in [6, 6.07) is 2.15. The van der Waals surface area contributed by atoms with E-state index in [9.17, 15) is 0 Å². The quantitative estimate of drug-likeness (QED) is 0.833. The summed E-state index contributed by atoms with van der Waals surface area (Å²) in [7, 11) is 0. The number of anilines is 1. The third-order valence-corrected chi connectivity index (χ3v) is 4.92. The Kier molecular flexibility index (Phi) is 4.08. The summed E-state index contributed by atoms with van der Waals surface area (Å²) < 4.78 is 6.58. The first-order valence-corrected chi connectivity index (χ1v) is 7.98. The zero-order chi connectivity index (χ0) is 13.2. The maximum atomic E-state index is 5.52. The lowest BCUT2D eigenvalue weighted by atomic mass is 9.84. The van der Waals surface area contributed by atoms with Gasteiger partial charge in [0.2, 0.25) is 0 Å². The zero-order valence-corrected chi connectivity index (χ0v) is 13.0. The van der Waals surface area contributed by atoms with Crippen molar-refractivity contribution in [1.82, 2.24) is 4.98 Å². The van der Waals surface area contributed by atoms with Crippen LogP contribution in [0.15, 0.2) is 16.7 Å². The fraction of sp³-hybridized carbons (Fsp3) is 0.667. The number of hydrogen-bond donors (Lipinski definition) is 0. The van der Waals surface area contributed by atoms with E-state index in [4.69, 9.17) is 4.74 Å². The highest BCUT2D eigenvalue weighted by Gasteiger charge is 2.29. The summed E-state index contributed by atoms with van der Waals surface area (Å²) >= 11 is 3.48. The Morgan fingerprint density at radius 3 is 2.68 bits per heavy atom. The van der Waals surface area contributed by atoms with E-state index in [1.165, 1.54) is 24.8 Å². The summed E-state index contributed by atoms with van der Waals surface area (Å²) in [4.78, 5) is 7.02. The van der Waals surface area contributed by atoms with E-state index in [0.717, 1.165) is 48.4 Å². The van der Waals surface area contributed by atoms with Gasteiger partial charge in [-0.1, -0.05) is 0 Å². The molecule has 19 heavy (non-hydrogen) atoms. The maximum Gasteiger partial charge on any atom is 0.131 e. The molecule has 2 fully saturated rings. The van der Waals surface area contributed by atoms with Gasteiger partial charge in [0.1, 0.15) is 5.82 Å². The minimum absolute atomic E-state index is 0.807. The molecule has 0 N–H and O–H groups in total. The molecule has 2 aliphatic heterocycles. The highest BCUT2D eigenvalue weighted by Crippen LogP contribution is 2.32. The van der Waals surface area contributed by atoms with Crippen LogP contribution in [0.2, 0.25) is 0 Å². The van der Waals surface area contributed by atoms with Crippen LogP contribution in [0.4, 0.5) is 5.82 Å². The van der Waals surface area contributed by atoms with Crippen molar-refractivity contribution in [2.45, 2.75) is 26.2 Å². The van der Waals surface area contributed by atoms with Crippen LogP contribution in [0, 0.1) is 18.8 Å². The van der Waals surface area contributed by atoms with Gasteiger partial charge in [0, 0.05) is 37.0 Å². The minimum atomic E-state index is 0.807. The van der Waals surface area contributed by atoms with Gasteiger partial charge in [-0.3, -0.25) is 0 Å². The predicted octanol–water partition coefficient (Wildman–Crippen LogP) is 3.41. The van der Waals surface area contributed by atoms with E-state index >= 15 is 0 Å². The van der Waals surface area contributed by atoms with E-state index in [1.807, 2.05) is 6.20 Å². The van der Waals surface area contributed by atoms with Gasteiger partial charge in [0.15, 0.2) is 0 Å². The average molecular weight is 325 g/mol. The van der Waals surface area contributed by atoms with Crippen molar-refractivity contribution in [3.8, 4) is 0 Å². The Hall–Kier alpha value is -0.610. The maximum absolute atomic E-state index is 5.52. The van der Waals surface area contributed by atoms with E-state index in [2.05, 4.69) is 38.8 Å². The molecule has 0 saturated carbocycles. The highest BCUT2D eigenvalue weighted by molar-refractivity contribution is 9.10. The van der Waals surface area contributed by atoms with Crippen molar-refractivity contribution < 1.29 is 4.74 Å². The first-order valence-electron chi connectivity index (χ1n) is 7.19. The van der Waals surface area contributed by atoms with E-state index < -0.39 is 0 Å². The number of rotatable bonds is 2. The third-order valence-electron chi connectivity index (χ3n) is 4.49. The molecule has 0 amide bonds. The Balaban J connectivity index is 1.63. The molecular formula is C15H21BrN2O. The summed E-state index contributed by atoms with van der Waals surface area (Å²) in [5.74, 6) is 2.82. The van der Waals surface area contributed by atoms with Crippen LogP contribution in [-0.4, -0.2) is 31.3 Å². The third kappa shape index (κ3) is 2.95. The second kappa shape index (κ2) is 5.80. The molecule has 0 aromatic carbocycles. The number of halogens is 1. The van der Waals surface area contributed by atoms with Gasteiger partial charge < -0.3 is 9.64 Å². The fourth-order valence-electron chi connectivity index (χ4n) is 3.37. The largest absolute Gasteiger partial charge is 0.381 e. The van der Waals surface area contributed by atoms with Gasteiger partial charge in [-0.15, -0.1) is 0 Å². The summed E-state index contributed by atoms with van der Waals surface area (Å²) in [5, 5.41) is 0. The summed E-state index contributed by atoms with van der Waals surface area (Å²) in [5.41, 5.74) is 1.26. The fourth-order valence-corrected chi connectivity index (χ4v) is 3.82. The van der Waals surface area contributed by atoms with Crippen LogP contribution in [0.3, 0.4) is 0 Å². The van der Waals surface area contributed by atoms with Gasteiger partial charge in [-0.25, -0.2) is 4.98 Å². The molecule has 3 nitrogen and oxygen atoms in total. The molecule has 3 heterocycles. The van der Waals surface area contributed by atoms with Gasteiger partial charge in [0.05, 0.1) is 0 Å². The molecule has 3 rings (SSSR count). The van der Waals surface area contributed by atoms with Crippen LogP contribution in [0.25, 0.3) is 0 Å². The SMILES string of the molecule is Cc1cc(Br)cnc1N1CCC(C2CCOC2)CC1. The number of pyridine rings is 1. The lowest BCUT2D eigenvalue weighted by Gasteiger charge is -2.35. The molecule has 0 bridgehead atoms. The predicted molar refractivity (Wildman–Crippen MR) is 80.5 cm³/mol. The standard InChI is InChI=1S/C15H21BrN2O/c1-11-8-14(16)9-17-15(11)18-5-2-12(3-6-18)13-4-7-19-10-13/h8-9,12-13H,2-7,10H2,1H3. The number of aryl methyl sites for hydroxylation is 1. The lowest BCUT2D eigenvalue weighted by Crippen LogP contribution is -2.37. The molecule has 0 spiro atoms. The normalized spacial score (nSPS) is 24.9. The van der Waals surface area contributed by atoms with Crippen molar-refractivity contribution in [2.24, 2.45) is 11.8 Å². The molecule has 0 aliphatic carbocycles. The van der Waals surface area contributed by atoms with Crippen molar-refractivity contribution in [3.05, 3.63) is 22.3 Å². The molecule has 1 aromatic rings. The van der Waals surface area contributed by atoms with Crippen LogP contribution in [0.1, 0.15) is 24.8 Å². The highest BCUT2D eigenvalue weighted by atomic mass is 79.9. The van der Waals surface area contributed by atoms with E-state index in [1.54, 1.807) is 0 Å². The summed E-state index contributed by atoms with van der Waals surface area (Å²) in [6.45, 7) is 6.37. The van der Waals surface area contributed by atoms with Crippen molar-refractivity contribution in [3.63, 3.8) is 0 Å². The molecule has 104 valence electrons. The van der Waals surface area contributed by atoms with Crippen molar-refractivity contribution in [1.29, 1.82) is 0 Å². The van der Waals surface area contributed by atoms with Crippen molar-refractivity contribution >= 4 is 21.7 Å². The van der Waals surface area contributed by atoms with Crippen LogP contribution in [-0.2, 0) is 4.74 Å². The van der Waals surface area contributed by atoms with Crippen LogP contribution >= 0.6 is 15.9 Å². The first-order chi connectivity index (χ1) is 9.24. The Morgan fingerprint density at radius 1 is 1.26 bits per heavy atom. The summed E-state index contributed by atoms with van der Waals surface area (Å²) in [6.07, 6.45) is 5.73. The second-order valence-corrected chi connectivity index (χ2v) is 6.66. The second-order valence-electron chi connectivity index (χ2n) is 5.74. The minimum Gasteiger partial charge on any atom is -0.381 e. The van der Waals surface area contributed by atoms with Gasteiger partial charge in [0.25, 0.3) is 0 Å². The molecule has 2 aliphatic rings. The van der Waals surface area contributed by atoms with Gasteiger partial charge in [-0.05, 0) is 65.6 Å². The number of hydrogen-bond acceptors (Lipinski definition) is 3. The zero-order valence-electron chi connectivity index (χ0n) is 11.4. The molecule has 1 atom stereocenters. The molecule has 2 saturated heterocycles. The van der Waals surface area contributed by atoms with Gasteiger partial charge in [-0.2, -0.15) is 0 Å². The van der Waals surface area contributed by atoms with Crippen molar-refractivity contribution in [2.75, 3.05) is 31.2 Å². The molecule has 0 radical (unpaired) electrons. The lowest BCUT2D eigenvalue weighted by molar-refractivity contribution is 0.164. The van der Waals surface area contributed by atoms with Crippen LogP contribution < -0.4 is 4.90 Å². The smallest absolute Gasteiger partial charge is 0.131 e. The Bertz CT molecular complexity index is 438. The first kappa shape index (κ1) is 13.4. The topological polar surface area (TPSA) is 25.4 Å². The van der Waals surface area contributed by atoms with Crippen LogP contribution in [0.5, 0.6) is 0 Å². The number of piperidine rings is 1. The number of ether oxygens (including phenoxy) is 1. The van der Waals surface area contributed by atoms with E-state index in [-0.39, 0.29) is 0 Å². The van der Waals surface area contributed by atoms with E-state index in [0.29, 0.717) is 0 Å². The average Bonchev–Trinajstić information content (AvgIpc) is 2.93. The molecule has 1 aromatic heterocycles. The Labute approximate surface area is 123 Å². The monoisotopic (exact) mass is 324 g/mol. The number of aromatic nitrogens is 1. The van der Waals surface area contributed by atoms with Gasteiger partial charge >= 0.3 is 0 Å². The molecule has 4 heteroatoms.